The van der Waals surface area contributed by atoms with Gasteiger partial charge in [0.1, 0.15) is 4.21 Å². The molecule has 5 nitrogen and oxygen atoms in total. The molecule has 24 heavy (non-hydrogen) atoms. The van der Waals surface area contributed by atoms with Gasteiger partial charge < -0.3 is 4.90 Å². The van der Waals surface area contributed by atoms with Crippen molar-refractivity contribution in [3.8, 4) is 0 Å². The largest absolute Gasteiger partial charge is 0.338 e. The fraction of sp³-hybridized carbons (Fsp3) is 0.688. The van der Waals surface area contributed by atoms with Gasteiger partial charge in [-0.3, -0.25) is 4.79 Å². The number of hydrogen-bond acceptors (Lipinski definition) is 4. The average molecular weight is 437 g/mol. The molecule has 1 fully saturated rings. The SMILES string of the molecule is CC(C)N(C(=O)C1CCN(S(=O)(=O)c2ccc(Br)s2)CC1)C(C)C. The lowest BCUT2D eigenvalue weighted by atomic mass is 9.95. The van der Waals surface area contributed by atoms with Crippen molar-refractivity contribution in [1.29, 1.82) is 0 Å². The highest BCUT2D eigenvalue weighted by atomic mass is 79.9. The van der Waals surface area contributed by atoms with Crippen molar-refractivity contribution in [2.24, 2.45) is 5.92 Å². The summed E-state index contributed by atoms with van der Waals surface area (Å²) >= 11 is 4.53. The molecule has 1 saturated heterocycles. The molecule has 0 saturated carbocycles. The molecule has 8 heteroatoms. The molecular weight excluding hydrogens is 412 g/mol. The topological polar surface area (TPSA) is 57.7 Å². The second-order valence-electron chi connectivity index (χ2n) is 6.67. The lowest BCUT2D eigenvalue weighted by Crippen LogP contribution is -2.48. The Bertz CT molecular complexity index is 669. The molecule has 0 N–H and O–H groups in total. The molecule has 0 aromatic carbocycles. The number of halogens is 1. The maximum atomic E-state index is 12.8. The van der Waals surface area contributed by atoms with Gasteiger partial charge in [-0.25, -0.2) is 8.42 Å². The lowest BCUT2D eigenvalue weighted by molar-refractivity contribution is -0.140. The Morgan fingerprint density at radius 1 is 1.21 bits per heavy atom. The summed E-state index contributed by atoms with van der Waals surface area (Å²) < 4.78 is 28.0. The third-order valence-corrected chi connectivity index (χ3v) is 8.30. The molecule has 1 aliphatic heterocycles. The van der Waals surface area contributed by atoms with E-state index in [0.717, 1.165) is 3.79 Å². The minimum Gasteiger partial charge on any atom is -0.338 e. The van der Waals surface area contributed by atoms with Crippen LogP contribution in [-0.4, -0.2) is 48.7 Å². The third-order valence-electron chi connectivity index (χ3n) is 4.31. The molecule has 2 heterocycles. The number of nitrogens with zero attached hydrogens (tertiary/aromatic N) is 2. The Labute approximate surface area is 157 Å². The molecular formula is C16H25BrN2O3S2. The van der Waals surface area contributed by atoms with Gasteiger partial charge in [0, 0.05) is 31.1 Å². The maximum Gasteiger partial charge on any atom is 0.252 e. The van der Waals surface area contributed by atoms with Crippen molar-refractivity contribution in [3.05, 3.63) is 15.9 Å². The number of sulfonamides is 1. The predicted molar refractivity (Wildman–Crippen MR) is 101 cm³/mol. The Kier molecular flexibility index (Phi) is 6.50. The molecule has 2 rings (SSSR count). The number of carbonyl (C=O) groups is 1. The van der Waals surface area contributed by atoms with Crippen molar-refractivity contribution < 1.29 is 13.2 Å². The fourth-order valence-corrected chi connectivity index (χ4v) is 6.86. The molecule has 1 aliphatic rings. The van der Waals surface area contributed by atoms with Crippen LogP contribution in [0.2, 0.25) is 0 Å². The molecule has 0 spiro atoms. The highest BCUT2D eigenvalue weighted by molar-refractivity contribution is 9.11. The number of amides is 1. The van der Waals surface area contributed by atoms with E-state index < -0.39 is 10.0 Å². The van der Waals surface area contributed by atoms with Crippen LogP contribution in [0.3, 0.4) is 0 Å². The van der Waals surface area contributed by atoms with E-state index in [-0.39, 0.29) is 23.9 Å². The normalized spacial score (nSPS) is 17.6. The van der Waals surface area contributed by atoms with Gasteiger partial charge >= 0.3 is 0 Å². The Hall–Kier alpha value is -0.440. The van der Waals surface area contributed by atoms with Crippen LogP contribution < -0.4 is 0 Å². The molecule has 0 radical (unpaired) electrons. The summed E-state index contributed by atoms with van der Waals surface area (Å²) in [6, 6.07) is 3.68. The lowest BCUT2D eigenvalue weighted by Gasteiger charge is -2.37. The zero-order valence-electron chi connectivity index (χ0n) is 14.5. The second-order valence-corrected chi connectivity index (χ2v) is 11.3. The van der Waals surface area contributed by atoms with Crippen LogP contribution in [0.4, 0.5) is 0 Å². The molecule has 0 aliphatic carbocycles. The summed E-state index contributed by atoms with van der Waals surface area (Å²) in [5, 5.41) is 0. The van der Waals surface area contributed by atoms with Crippen molar-refractivity contribution in [2.75, 3.05) is 13.1 Å². The molecule has 0 atom stereocenters. The van der Waals surface area contributed by atoms with Crippen molar-refractivity contribution >= 4 is 43.2 Å². The summed E-state index contributed by atoms with van der Waals surface area (Å²) in [4.78, 5) is 14.7. The van der Waals surface area contributed by atoms with E-state index in [1.54, 1.807) is 12.1 Å². The van der Waals surface area contributed by atoms with Crippen LogP contribution in [0, 0.1) is 5.92 Å². The highest BCUT2D eigenvalue weighted by Crippen LogP contribution is 2.31. The van der Waals surface area contributed by atoms with Gasteiger partial charge in [-0.15, -0.1) is 11.3 Å². The van der Waals surface area contributed by atoms with Crippen LogP contribution in [-0.2, 0) is 14.8 Å². The summed E-state index contributed by atoms with van der Waals surface area (Å²) in [5.41, 5.74) is 0. The minimum atomic E-state index is -3.45. The molecule has 0 bridgehead atoms. The van der Waals surface area contributed by atoms with E-state index in [0.29, 0.717) is 30.1 Å². The number of rotatable bonds is 5. The first kappa shape index (κ1) is 19.9. The van der Waals surface area contributed by atoms with E-state index >= 15 is 0 Å². The second kappa shape index (κ2) is 7.85. The van der Waals surface area contributed by atoms with Crippen LogP contribution in [0.25, 0.3) is 0 Å². The first-order valence-electron chi connectivity index (χ1n) is 8.22. The Morgan fingerprint density at radius 3 is 2.17 bits per heavy atom. The average Bonchev–Trinajstić information content (AvgIpc) is 2.94. The van der Waals surface area contributed by atoms with E-state index in [1.165, 1.54) is 15.6 Å². The monoisotopic (exact) mass is 436 g/mol. The van der Waals surface area contributed by atoms with Crippen LogP contribution in [0.15, 0.2) is 20.1 Å². The summed E-state index contributed by atoms with van der Waals surface area (Å²) in [5.74, 6) is 0.0623. The molecule has 1 aromatic rings. The maximum absolute atomic E-state index is 12.8. The number of hydrogen-bond donors (Lipinski definition) is 0. The summed E-state index contributed by atoms with van der Waals surface area (Å²) in [6.45, 7) is 8.88. The van der Waals surface area contributed by atoms with Crippen molar-refractivity contribution in [2.45, 2.75) is 56.8 Å². The standard InChI is InChI=1S/C16H25BrN2O3S2/c1-11(2)19(12(3)4)16(20)13-7-9-18(10-8-13)24(21,22)15-6-5-14(17)23-15/h5-6,11-13H,7-10H2,1-4H3. The summed E-state index contributed by atoms with van der Waals surface area (Å²) in [7, 11) is -3.45. The van der Waals surface area contributed by atoms with E-state index in [2.05, 4.69) is 15.9 Å². The molecule has 1 amide bonds. The van der Waals surface area contributed by atoms with Gasteiger partial charge in [-0.1, -0.05) is 0 Å². The first-order chi connectivity index (χ1) is 11.1. The Morgan fingerprint density at radius 2 is 1.75 bits per heavy atom. The number of carbonyl (C=O) groups excluding carboxylic acids is 1. The van der Waals surface area contributed by atoms with Crippen molar-refractivity contribution in [3.63, 3.8) is 0 Å². The van der Waals surface area contributed by atoms with Crippen molar-refractivity contribution in [1.82, 2.24) is 9.21 Å². The number of piperidine rings is 1. The first-order valence-corrected chi connectivity index (χ1v) is 11.3. The number of thiophene rings is 1. The molecule has 0 unspecified atom stereocenters. The molecule has 1 aromatic heterocycles. The smallest absolute Gasteiger partial charge is 0.252 e. The van der Waals surface area contributed by atoms with E-state index in [4.69, 9.17) is 0 Å². The fourth-order valence-electron chi connectivity index (χ4n) is 3.22. The van der Waals surface area contributed by atoms with Gasteiger partial charge in [0.2, 0.25) is 5.91 Å². The van der Waals surface area contributed by atoms with Gasteiger partial charge in [-0.2, -0.15) is 4.31 Å². The van der Waals surface area contributed by atoms with E-state index in [9.17, 15) is 13.2 Å². The third kappa shape index (κ3) is 4.20. The van der Waals surface area contributed by atoms with Gasteiger partial charge in [-0.05, 0) is 68.6 Å². The van der Waals surface area contributed by atoms with Gasteiger partial charge in [0.25, 0.3) is 10.0 Å². The van der Waals surface area contributed by atoms with Gasteiger partial charge in [0.15, 0.2) is 0 Å². The summed E-state index contributed by atoms with van der Waals surface area (Å²) in [6.07, 6.45) is 1.17. The van der Waals surface area contributed by atoms with Crippen LogP contribution in [0.5, 0.6) is 0 Å². The van der Waals surface area contributed by atoms with Gasteiger partial charge in [0.05, 0.1) is 3.79 Å². The minimum absolute atomic E-state index is 0.0867. The quantitative estimate of drug-likeness (QED) is 0.708. The van der Waals surface area contributed by atoms with Crippen LogP contribution in [0.1, 0.15) is 40.5 Å². The highest BCUT2D eigenvalue weighted by Gasteiger charge is 2.35. The van der Waals surface area contributed by atoms with Crippen LogP contribution >= 0.6 is 27.3 Å². The zero-order chi connectivity index (χ0) is 18.1. The predicted octanol–water partition coefficient (Wildman–Crippen LogP) is 3.56. The zero-order valence-corrected chi connectivity index (χ0v) is 17.7. The Balaban J connectivity index is 2.04. The van der Waals surface area contributed by atoms with E-state index in [1.807, 2.05) is 32.6 Å². The molecule has 136 valence electrons.